The van der Waals surface area contributed by atoms with Crippen LogP contribution in [0.25, 0.3) is 0 Å². The van der Waals surface area contributed by atoms with Gasteiger partial charge in [0.05, 0.1) is 0 Å². The van der Waals surface area contributed by atoms with E-state index in [1.165, 1.54) is 25.0 Å². The van der Waals surface area contributed by atoms with Gasteiger partial charge in [0.25, 0.3) is 0 Å². The molecule has 3 heteroatoms. The van der Waals surface area contributed by atoms with E-state index in [9.17, 15) is 4.48 Å². The topological polar surface area (TPSA) is 3.24 Å². The molecule has 1 atom stereocenters. The van der Waals surface area contributed by atoms with Crippen molar-refractivity contribution in [2.75, 3.05) is 18.8 Å². The van der Waals surface area contributed by atoms with Crippen molar-refractivity contribution in [3.05, 3.63) is 0 Å². The van der Waals surface area contributed by atoms with Crippen molar-refractivity contribution < 1.29 is 4.48 Å². The predicted molar refractivity (Wildman–Crippen MR) is 46.3 cm³/mol. The molecule has 2 saturated heterocycles. The third-order valence-corrected chi connectivity index (χ3v) is 4.35. The fourth-order valence-electron chi connectivity index (χ4n) is 2.03. The van der Waals surface area contributed by atoms with Crippen LogP contribution in [0.5, 0.6) is 0 Å². The summed E-state index contributed by atoms with van der Waals surface area (Å²) in [5.74, 6) is 1.24. The minimum atomic E-state index is 0.312. The molecule has 1 spiro atoms. The Bertz CT molecular complexity index is 140. The van der Waals surface area contributed by atoms with Crippen LogP contribution in [0, 0.1) is 0 Å². The minimum absolute atomic E-state index is 0.312. The zero-order chi connectivity index (χ0) is 7.73. The normalized spacial score (nSPS) is 40.1. The molecule has 0 saturated carbocycles. The Morgan fingerprint density at radius 2 is 2.18 bits per heavy atom. The molecule has 0 amide bonds. The largest absolute Gasteiger partial charge is 0.154 e. The molecule has 0 aromatic carbocycles. The molecular formula is C8H14FNS. The van der Waals surface area contributed by atoms with E-state index in [-0.39, 0.29) is 0 Å². The number of halogens is 1. The minimum Gasteiger partial charge on any atom is -0.154 e. The molecule has 64 valence electrons. The maximum absolute atomic E-state index is 12.8. The molecule has 0 radical (unpaired) electrons. The Hall–Kier alpha value is 0.240. The second kappa shape index (κ2) is 2.94. The number of hydrogen-bond acceptors (Lipinski definition) is 2. The van der Waals surface area contributed by atoms with Crippen LogP contribution < -0.4 is 0 Å². The van der Waals surface area contributed by atoms with Crippen molar-refractivity contribution in [3.8, 4) is 0 Å². The summed E-state index contributed by atoms with van der Waals surface area (Å²) in [5.41, 5.74) is 0. The molecule has 2 fully saturated rings. The predicted octanol–water partition coefficient (Wildman–Crippen LogP) is 2.23. The SMILES string of the molecule is FN1CCC2(CCCCS2)C1. The Labute approximate surface area is 71.3 Å². The van der Waals surface area contributed by atoms with E-state index in [1.807, 2.05) is 11.8 Å². The van der Waals surface area contributed by atoms with Crippen LogP contribution in [0.15, 0.2) is 0 Å². The van der Waals surface area contributed by atoms with E-state index in [2.05, 4.69) is 0 Å². The monoisotopic (exact) mass is 175 g/mol. The van der Waals surface area contributed by atoms with Crippen LogP contribution in [0.3, 0.4) is 0 Å². The lowest BCUT2D eigenvalue weighted by atomic mass is 10.00. The Kier molecular flexibility index (Phi) is 2.10. The van der Waals surface area contributed by atoms with E-state index < -0.39 is 0 Å². The van der Waals surface area contributed by atoms with Crippen molar-refractivity contribution in [3.63, 3.8) is 0 Å². The lowest BCUT2D eigenvalue weighted by Crippen LogP contribution is -2.30. The van der Waals surface area contributed by atoms with Crippen molar-refractivity contribution in [1.29, 1.82) is 0 Å². The van der Waals surface area contributed by atoms with Gasteiger partial charge in [-0.05, 0) is 25.0 Å². The summed E-state index contributed by atoms with van der Waals surface area (Å²) in [6.07, 6.45) is 4.94. The second-order valence-electron chi connectivity index (χ2n) is 3.58. The smallest absolute Gasteiger partial charge is 0.0438 e. The molecule has 11 heavy (non-hydrogen) atoms. The summed E-state index contributed by atoms with van der Waals surface area (Å²) < 4.78 is 13.1. The maximum Gasteiger partial charge on any atom is 0.0438 e. The highest BCUT2D eigenvalue weighted by molar-refractivity contribution is 8.00. The van der Waals surface area contributed by atoms with Crippen LogP contribution in [-0.2, 0) is 0 Å². The quantitative estimate of drug-likeness (QED) is 0.519. The van der Waals surface area contributed by atoms with E-state index in [4.69, 9.17) is 0 Å². The van der Waals surface area contributed by atoms with E-state index in [0.29, 0.717) is 17.8 Å². The van der Waals surface area contributed by atoms with Gasteiger partial charge in [-0.1, -0.05) is 6.42 Å². The molecule has 2 rings (SSSR count). The summed E-state index contributed by atoms with van der Waals surface area (Å²) in [6.45, 7) is 1.34. The van der Waals surface area contributed by atoms with Gasteiger partial charge in [0.15, 0.2) is 0 Å². The van der Waals surface area contributed by atoms with Crippen LogP contribution in [0.1, 0.15) is 25.7 Å². The second-order valence-corrected chi connectivity index (χ2v) is 5.15. The van der Waals surface area contributed by atoms with E-state index in [1.54, 1.807) is 0 Å². The van der Waals surface area contributed by atoms with Gasteiger partial charge in [0.2, 0.25) is 0 Å². The molecule has 2 heterocycles. The Balaban J connectivity index is 1.98. The lowest BCUT2D eigenvalue weighted by Gasteiger charge is -2.31. The zero-order valence-corrected chi connectivity index (χ0v) is 7.50. The summed E-state index contributed by atoms with van der Waals surface area (Å²) in [4.78, 5) is 0. The van der Waals surface area contributed by atoms with Gasteiger partial charge in [0, 0.05) is 17.8 Å². The summed E-state index contributed by atoms with van der Waals surface area (Å²) >= 11 is 2.00. The zero-order valence-electron chi connectivity index (χ0n) is 6.68. The fraction of sp³-hybridized carbons (Fsp3) is 1.00. The van der Waals surface area contributed by atoms with Crippen LogP contribution >= 0.6 is 11.8 Å². The molecule has 0 bridgehead atoms. The molecule has 1 unspecified atom stereocenters. The summed E-state index contributed by atoms with van der Waals surface area (Å²) in [5, 5.41) is 0.984. The van der Waals surface area contributed by atoms with Gasteiger partial charge in [-0.2, -0.15) is 11.8 Å². The average Bonchev–Trinajstić information content (AvgIpc) is 2.34. The van der Waals surface area contributed by atoms with Crippen molar-refractivity contribution in [2.24, 2.45) is 0 Å². The van der Waals surface area contributed by atoms with Crippen molar-refractivity contribution in [1.82, 2.24) is 5.12 Å². The van der Waals surface area contributed by atoms with Crippen LogP contribution in [0.4, 0.5) is 4.48 Å². The molecule has 0 N–H and O–H groups in total. The highest BCUT2D eigenvalue weighted by Gasteiger charge is 2.39. The van der Waals surface area contributed by atoms with Crippen LogP contribution in [0.2, 0.25) is 0 Å². The van der Waals surface area contributed by atoms with Gasteiger partial charge < -0.3 is 0 Å². The molecule has 0 aromatic heterocycles. The van der Waals surface area contributed by atoms with Gasteiger partial charge in [0.1, 0.15) is 0 Å². The standard InChI is InChI=1S/C8H14FNS/c9-10-5-4-8(7-10)3-1-2-6-11-8/h1-7H2. The molecule has 2 aliphatic heterocycles. The molecular weight excluding hydrogens is 161 g/mol. The fourth-order valence-corrected chi connectivity index (χ4v) is 3.56. The lowest BCUT2D eigenvalue weighted by molar-refractivity contribution is 0.0536. The number of nitrogens with zero attached hydrogens (tertiary/aromatic N) is 1. The summed E-state index contributed by atoms with van der Waals surface area (Å²) in [7, 11) is 0. The molecule has 0 aromatic rings. The number of hydrogen-bond donors (Lipinski definition) is 0. The maximum atomic E-state index is 12.8. The first-order valence-corrected chi connectivity index (χ1v) is 5.34. The van der Waals surface area contributed by atoms with Crippen molar-refractivity contribution in [2.45, 2.75) is 30.4 Å². The highest BCUT2D eigenvalue weighted by Crippen LogP contribution is 2.43. The van der Waals surface area contributed by atoms with Gasteiger partial charge in [-0.25, -0.2) is 0 Å². The molecule has 1 nitrogen and oxygen atoms in total. The highest BCUT2D eigenvalue weighted by atomic mass is 32.2. The third-order valence-electron chi connectivity index (χ3n) is 2.70. The third kappa shape index (κ3) is 1.54. The van der Waals surface area contributed by atoms with Crippen molar-refractivity contribution >= 4 is 11.8 Å². The van der Waals surface area contributed by atoms with Crippen LogP contribution in [-0.4, -0.2) is 28.7 Å². The Morgan fingerprint density at radius 3 is 2.73 bits per heavy atom. The first-order valence-electron chi connectivity index (χ1n) is 4.35. The number of thioether (sulfide) groups is 1. The molecule has 0 aliphatic carbocycles. The number of rotatable bonds is 0. The van der Waals surface area contributed by atoms with Gasteiger partial charge in [-0.3, -0.25) is 0 Å². The summed E-state index contributed by atoms with van der Waals surface area (Å²) in [6, 6.07) is 0. The van der Waals surface area contributed by atoms with E-state index in [0.717, 1.165) is 11.5 Å². The van der Waals surface area contributed by atoms with E-state index >= 15 is 0 Å². The van der Waals surface area contributed by atoms with Gasteiger partial charge >= 0.3 is 0 Å². The Morgan fingerprint density at radius 1 is 1.27 bits per heavy atom. The first-order chi connectivity index (χ1) is 5.31. The average molecular weight is 175 g/mol. The van der Waals surface area contributed by atoms with Gasteiger partial charge in [-0.15, -0.1) is 9.60 Å². The molecule has 2 aliphatic rings. The first kappa shape index (κ1) is 7.87.